The van der Waals surface area contributed by atoms with Crippen LogP contribution in [0.3, 0.4) is 0 Å². The monoisotopic (exact) mass is 570 g/mol. The van der Waals surface area contributed by atoms with Gasteiger partial charge in [0.05, 0.1) is 34.0 Å². The number of fused-ring (bicyclic) bond motifs is 4. The second-order valence-electron chi connectivity index (χ2n) is 8.84. The van der Waals surface area contributed by atoms with Crippen LogP contribution in [-0.4, -0.2) is 5.84 Å². The van der Waals surface area contributed by atoms with Crippen LogP contribution in [0.15, 0.2) is 114 Å². The highest BCUT2D eigenvalue weighted by atomic mass is 35.5. The molecule has 1 atom stereocenters. The number of halogens is 2. The predicted octanol–water partition coefficient (Wildman–Crippen LogP) is 9.10. The number of allylic oxidation sites excluding steroid dienone is 1. The molecule has 0 saturated heterocycles. The van der Waals surface area contributed by atoms with Gasteiger partial charge in [-0.15, -0.1) is 0 Å². The summed E-state index contributed by atoms with van der Waals surface area (Å²) in [5.41, 5.74) is 3.84. The van der Waals surface area contributed by atoms with E-state index < -0.39 is 5.92 Å². The van der Waals surface area contributed by atoms with Crippen LogP contribution >= 0.6 is 46.7 Å². The van der Waals surface area contributed by atoms with Gasteiger partial charge in [-0.05, 0) is 54.6 Å². The van der Waals surface area contributed by atoms with Gasteiger partial charge >= 0.3 is 0 Å². The number of nitriles is 1. The lowest BCUT2D eigenvalue weighted by molar-refractivity contribution is 0.515. The first-order valence-corrected chi connectivity index (χ1v) is 14.0. The van der Waals surface area contributed by atoms with E-state index in [1.54, 1.807) is 30.0 Å². The zero-order chi connectivity index (χ0) is 26.0. The summed E-state index contributed by atoms with van der Waals surface area (Å²) in [5, 5.41) is 26.0. The molecule has 0 bridgehead atoms. The van der Waals surface area contributed by atoms with Crippen LogP contribution in [0.4, 0.5) is 11.4 Å². The summed E-state index contributed by atoms with van der Waals surface area (Å²) in [6, 6.07) is 27.4. The summed E-state index contributed by atoms with van der Waals surface area (Å²) >= 11 is 15.6. The first-order chi connectivity index (χ1) is 18.5. The average molecular weight is 572 g/mol. The van der Waals surface area contributed by atoms with Crippen LogP contribution in [0.5, 0.6) is 0 Å². The molecule has 3 aliphatic heterocycles. The third-order valence-electron chi connectivity index (χ3n) is 6.57. The predicted molar refractivity (Wildman–Crippen MR) is 155 cm³/mol. The van der Waals surface area contributed by atoms with Crippen LogP contribution in [0.2, 0.25) is 10.0 Å². The van der Waals surface area contributed by atoms with Gasteiger partial charge in [0.2, 0.25) is 0 Å². The van der Waals surface area contributed by atoms with Crippen molar-refractivity contribution in [3.05, 3.63) is 116 Å². The third-order valence-corrected chi connectivity index (χ3v) is 9.27. The summed E-state index contributed by atoms with van der Waals surface area (Å²) < 4.78 is 6.39. The summed E-state index contributed by atoms with van der Waals surface area (Å²) in [4.78, 5) is 3.96. The number of hydrogen-bond acceptors (Lipinski definition) is 6. The third kappa shape index (κ3) is 3.68. The highest BCUT2D eigenvalue weighted by molar-refractivity contribution is 8.04. The van der Waals surface area contributed by atoms with Crippen LogP contribution < -0.4 is 10.2 Å². The first-order valence-electron chi connectivity index (χ1n) is 11.7. The van der Waals surface area contributed by atoms with E-state index in [-0.39, 0.29) is 0 Å². The number of rotatable bonds is 2. The first kappa shape index (κ1) is 23.6. The van der Waals surface area contributed by atoms with Crippen LogP contribution in [-0.2, 0) is 0 Å². The van der Waals surface area contributed by atoms with Gasteiger partial charge in [-0.1, -0.05) is 71.0 Å². The average Bonchev–Trinajstić information content (AvgIpc) is 3.64. The standard InChI is InChI=1S/C29H16Cl2N4OS2/c30-16-11-15(12-17(31)13-16)21-9-10-22(36-21)25-18(14-32)29-35(20-6-2-4-8-24(20)38-29)27(33)26(25)28-34-19-5-1-3-7-23(19)37-28/h1-13,25,33-34H. The van der Waals surface area contributed by atoms with Gasteiger partial charge in [0, 0.05) is 31.0 Å². The summed E-state index contributed by atoms with van der Waals surface area (Å²) in [6.45, 7) is 0. The molecule has 38 heavy (non-hydrogen) atoms. The Balaban J connectivity index is 1.43. The fraction of sp³-hybridized carbons (Fsp3) is 0.0345. The zero-order valence-electron chi connectivity index (χ0n) is 19.5. The highest BCUT2D eigenvalue weighted by Gasteiger charge is 2.45. The molecule has 0 amide bonds. The molecule has 4 aromatic rings. The van der Waals surface area contributed by atoms with Crippen molar-refractivity contribution in [1.82, 2.24) is 0 Å². The van der Waals surface area contributed by atoms with E-state index in [2.05, 4.69) is 11.4 Å². The normalized spacial score (nSPS) is 19.7. The van der Waals surface area contributed by atoms with Crippen molar-refractivity contribution in [1.29, 1.82) is 10.7 Å². The number of nitrogens with zero attached hydrogens (tertiary/aromatic N) is 2. The van der Waals surface area contributed by atoms with E-state index in [1.165, 1.54) is 11.8 Å². The van der Waals surface area contributed by atoms with Gasteiger partial charge in [0.25, 0.3) is 0 Å². The number of para-hydroxylation sites is 2. The lowest BCUT2D eigenvalue weighted by Crippen LogP contribution is -2.36. The van der Waals surface area contributed by atoms with Gasteiger partial charge < -0.3 is 9.73 Å². The lowest BCUT2D eigenvalue weighted by atomic mass is 9.86. The van der Waals surface area contributed by atoms with E-state index in [0.29, 0.717) is 38.5 Å². The summed E-state index contributed by atoms with van der Waals surface area (Å²) in [5.74, 6) is 0.894. The summed E-state index contributed by atoms with van der Waals surface area (Å²) in [7, 11) is 0. The Morgan fingerprint density at radius 3 is 2.42 bits per heavy atom. The zero-order valence-corrected chi connectivity index (χ0v) is 22.6. The molecular formula is C29H16Cl2N4OS2. The van der Waals surface area contributed by atoms with Crippen LogP contribution in [0.25, 0.3) is 11.3 Å². The van der Waals surface area contributed by atoms with Crippen LogP contribution in [0.1, 0.15) is 11.7 Å². The van der Waals surface area contributed by atoms with Crippen molar-refractivity contribution in [2.24, 2.45) is 0 Å². The number of benzene rings is 3. The number of amidine groups is 1. The minimum absolute atomic E-state index is 0.313. The molecular weight excluding hydrogens is 555 g/mol. The maximum atomic E-state index is 10.5. The van der Waals surface area contributed by atoms with Gasteiger partial charge in [-0.25, -0.2) is 0 Å². The molecule has 2 N–H and O–H groups in total. The maximum Gasteiger partial charge on any atom is 0.137 e. The van der Waals surface area contributed by atoms with Crippen LogP contribution in [0, 0.1) is 16.7 Å². The number of anilines is 2. The number of nitrogens with one attached hydrogen (secondary N) is 2. The largest absolute Gasteiger partial charge is 0.460 e. The van der Waals surface area contributed by atoms with Crippen molar-refractivity contribution >= 4 is 63.9 Å². The lowest BCUT2D eigenvalue weighted by Gasteiger charge is -2.33. The molecule has 9 heteroatoms. The number of hydrogen-bond donors (Lipinski definition) is 2. The Kier molecular flexibility index (Phi) is 5.60. The van der Waals surface area contributed by atoms with Crippen molar-refractivity contribution < 1.29 is 4.42 Å². The summed E-state index contributed by atoms with van der Waals surface area (Å²) in [6.07, 6.45) is 0. The molecule has 0 radical (unpaired) electrons. The second kappa shape index (κ2) is 9.04. The Morgan fingerprint density at radius 1 is 0.921 bits per heavy atom. The Bertz CT molecular complexity index is 1740. The van der Waals surface area contributed by atoms with E-state index in [1.807, 2.05) is 65.6 Å². The van der Waals surface area contributed by atoms with Gasteiger partial charge in [-0.2, -0.15) is 5.26 Å². The fourth-order valence-corrected chi connectivity index (χ4v) is 7.72. The molecule has 1 unspecified atom stereocenters. The Morgan fingerprint density at radius 2 is 1.66 bits per heavy atom. The van der Waals surface area contributed by atoms with E-state index >= 15 is 0 Å². The molecule has 0 aliphatic carbocycles. The Labute approximate surface area is 237 Å². The minimum atomic E-state index is -0.576. The topological polar surface area (TPSA) is 76.1 Å². The van der Waals surface area contributed by atoms with Crippen molar-refractivity contribution in [2.75, 3.05) is 10.2 Å². The second-order valence-corrected chi connectivity index (χ2v) is 11.8. The van der Waals surface area contributed by atoms with Crippen molar-refractivity contribution in [3.63, 3.8) is 0 Å². The molecule has 3 aromatic carbocycles. The molecule has 4 heterocycles. The fourth-order valence-electron chi connectivity index (χ4n) is 4.94. The molecule has 7 rings (SSSR count). The number of furan rings is 1. The molecule has 0 spiro atoms. The quantitative estimate of drug-likeness (QED) is 0.250. The minimum Gasteiger partial charge on any atom is -0.460 e. The molecule has 3 aliphatic rings. The van der Waals surface area contributed by atoms with Crippen molar-refractivity contribution in [2.45, 2.75) is 15.7 Å². The van der Waals surface area contributed by atoms with E-state index in [0.717, 1.165) is 36.8 Å². The van der Waals surface area contributed by atoms with Gasteiger partial charge in [-0.3, -0.25) is 10.3 Å². The molecule has 184 valence electrons. The SMILES string of the molecule is N#CC1=C2Sc3ccccc3N2C(=N)C(=C2Nc3ccccc3S2)C1c1ccc(-c2cc(Cl)cc(Cl)c2)o1. The van der Waals surface area contributed by atoms with Crippen molar-refractivity contribution in [3.8, 4) is 17.4 Å². The maximum absolute atomic E-state index is 10.5. The molecule has 1 aromatic heterocycles. The highest BCUT2D eigenvalue weighted by Crippen LogP contribution is 2.56. The van der Waals surface area contributed by atoms with E-state index in [4.69, 9.17) is 27.6 Å². The van der Waals surface area contributed by atoms with E-state index in [9.17, 15) is 10.7 Å². The smallest absolute Gasteiger partial charge is 0.137 e. The molecule has 0 saturated carbocycles. The van der Waals surface area contributed by atoms with Gasteiger partial charge in [0.1, 0.15) is 22.4 Å². The molecule has 0 fully saturated rings. The Hall–Kier alpha value is -3.54. The van der Waals surface area contributed by atoms with Gasteiger partial charge in [0.15, 0.2) is 0 Å². The molecule has 5 nitrogen and oxygen atoms in total. The number of thioether (sulfide) groups is 2.